The zero-order chi connectivity index (χ0) is 12.6. The third-order valence-corrected chi connectivity index (χ3v) is 4.45. The molecule has 0 bridgehead atoms. The van der Waals surface area contributed by atoms with Gasteiger partial charge in [0, 0.05) is 24.7 Å². The molecule has 5 nitrogen and oxygen atoms in total. The standard InChI is InChI=1S/C10H18O5P/c1-2-7-16(15)8(3-5-9(11)12)4-6-10(13)14/h8H,2-7H2,1H3,(H,11,12)(H,13,14). The minimum absolute atomic E-state index is 0.0466. The maximum Gasteiger partial charge on any atom is 0.303 e. The molecule has 0 aromatic rings. The molecule has 0 saturated heterocycles. The molecule has 0 fully saturated rings. The fraction of sp³-hybridized carbons (Fsp3) is 0.800. The van der Waals surface area contributed by atoms with E-state index in [1.807, 2.05) is 6.92 Å². The van der Waals surface area contributed by atoms with Crippen LogP contribution < -0.4 is 0 Å². The van der Waals surface area contributed by atoms with Gasteiger partial charge in [-0.05, 0) is 19.3 Å². The van der Waals surface area contributed by atoms with E-state index >= 15 is 0 Å². The molecule has 1 unspecified atom stereocenters. The number of carboxylic acids is 2. The average Bonchev–Trinajstić information content (AvgIpc) is 2.17. The molecule has 0 heterocycles. The van der Waals surface area contributed by atoms with Crippen molar-refractivity contribution in [1.29, 1.82) is 0 Å². The Morgan fingerprint density at radius 1 is 1.12 bits per heavy atom. The van der Waals surface area contributed by atoms with E-state index in [0.717, 1.165) is 6.42 Å². The maximum absolute atomic E-state index is 11.7. The van der Waals surface area contributed by atoms with Gasteiger partial charge >= 0.3 is 11.9 Å². The van der Waals surface area contributed by atoms with Crippen molar-refractivity contribution in [2.45, 2.75) is 44.7 Å². The van der Waals surface area contributed by atoms with E-state index in [1.54, 1.807) is 0 Å². The van der Waals surface area contributed by atoms with Gasteiger partial charge in [-0.15, -0.1) is 0 Å². The van der Waals surface area contributed by atoms with Crippen molar-refractivity contribution in [3.8, 4) is 0 Å². The normalized spacial score (nSPS) is 11.5. The van der Waals surface area contributed by atoms with Gasteiger partial charge in [0.15, 0.2) is 0 Å². The van der Waals surface area contributed by atoms with Crippen LogP contribution in [0.3, 0.4) is 0 Å². The first-order valence-electron chi connectivity index (χ1n) is 5.34. The lowest BCUT2D eigenvalue weighted by molar-refractivity contribution is -0.137. The van der Waals surface area contributed by atoms with Crippen LogP contribution in [0.5, 0.6) is 0 Å². The quantitative estimate of drug-likeness (QED) is 0.612. The van der Waals surface area contributed by atoms with Crippen LogP contribution in [0, 0.1) is 0 Å². The summed E-state index contributed by atoms with van der Waals surface area (Å²) in [5.74, 6) is -1.86. The largest absolute Gasteiger partial charge is 0.481 e. The van der Waals surface area contributed by atoms with Crippen LogP contribution in [0.2, 0.25) is 0 Å². The van der Waals surface area contributed by atoms with E-state index in [9.17, 15) is 14.2 Å². The predicted octanol–water partition coefficient (Wildman–Crippen LogP) is 2.32. The van der Waals surface area contributed by atoms with Crippen molar-refractivity contribution in [2.24, 2.45) is 0 Å². The van der Waals surface area contributed by atoms with Gasteiger partial charge in [-0.1, -0.05) is 6.92 Å². The highest BCUT2D eigenvalue weighted by molar-refractivity contribution is 7.45. The van der Waals surface area contributed by atoms with Crippen molar-refractivity contribution in [3.05, 3.63) is 0 Å². The summed E-state index contributed by atoms with van der Waals surface area (Å²) in [4.78, 5) is 20.8. The number of carboxylic acid groups (broad SMARTS) is 2. The molecule has 6 heteroatoms. The second-order valence-corrected chi connectivity index (χ2v) is 5.67. The Hall–Kier alpha value is -0.960. The zero-order valence-electron chi connectivity index (χ0n) is 9.39. The van der Waals surface area contributed by atoms with Crippen LogP contribution in [0.25, 0.3) is 0 Å². The number of aliphatic carboxylic acids is 2. The molecule has 93 valence electrons. The number of rotatable bonds is 9. The zero-order valence-corrected chi connectivity index (χ0v) is 10.3. The predicted molar refractivity (Wildman–Crippen MR) is 60.3 cm³/mol. The van der Waals surface area contributed by atoms with Gasteiger partial charge in [0.2, 0.25) is 0 Å². The SMILES string of the molecule is CCC[P](=O)C(CCC(=O)O)CCC(=O)O. The molecule has 0 aliphatic heterocycles. The van der Waals surface area contributed by atoms with Crippen LogP contribution in [-0.2, 0) is 14.2 Å². The highest BCUT2D eigenvalue weighted by Gasteiger charge is 2.19. The Morgan fingerprint density at radius 3 is 1.88 bits per heavy atom. The summed E-state index contributed by atoms with van der Waals surface area (Å²) in [6.45, 7) is 1.90. The summed E-state index contributed by atoms with van der Waals surface area (Å²) in [5.41, 5.74) is -0.276. The second-order valence-electron chi connectivity index (χ2n) is 3.66. The molecule has 0 amide bonds. The smallest absolute Gasteiger partial charge is 0.303 e. The molecule has 2 N–H and O–H groups in total. The van der Waals surface area contributed by atoms with Gasteiger partial charge in [0.05, 0.1) is 7.80 Å². The van der Waals surface area contributed by atoms with E-state index in [4.69, 9.17) is 10.2 Å². The number of hydrogen-bond donors (Lipinski definition) is 2. The molecule has 1 atom stereocenters. The Labute approximate surface area is 95.6 Å². The van der Waals surface area contributed by atoms with E-state index < -0.39 is 19.7 Å². The highest BCUT2D eigenvalue weighted by atomic mass is 31.1. The van der Waals surface area contributed by atoms with Crippen LogP contribution in [0.1, 0.15) is 39.0 Å². The fourth-order valence-electron chi connectivity index (χ4n) is 1.42. The fourth-order valence-corrected chi connectivity index (χ4v) is 3.06. The van der Waals surface area contributed by atoms with Gasteiger partial charge in [-0.25, -0.2) is 0 Å². The molecule has 0 saturated carbocycles. The van der Waals surface area contributed by atoms with Crippen molar-refractivity contribution >= 4 is 19.7 Å². The van der Waals surface area contributed by atoms with E-state index in [-0.39, 0.29) is 18.5 Å². The maximum atomic E-state index is 11.7. The molecule has 16 heavy (non-hydrogen) atoms. The van der Waals surface area contributed by atoms with Crippen molar-refractivity contribution in [2.75, 3.05) is 6.16 Å². The average molecular weight is 249 g/mol. The lowest BCUT2D eigenvalue weighted by atomic mass is 10.1. The Balaban J connectivity index is 4.19. The summed E-state index contributed by atoms with van der Waals surface area (Å²) >= 11 is 0. The topological polar surface area (TPSA) is 91.7 Å². The lowest BCUT2D eigenvalue weighted by Gasteiger charge is -2.13. The second kappa shape index (κ2) is 8.22. The molecule has 0 aromatic heterocycles. The minimum Gasteiger partial charge on any atom is -0.481 e. The third-order valence-electron chi connectivity index (χ3n) is 2.23. The van der Waals surface area contributed by atoms with Crippen LogP contribution in [0.4, 0.5) is 0 Å². The van der Waals surface area contributed by atoms with Gasteiger partial charge < -0.3 is 10.2 Å². The monoisotopic (exact) mass is 249 g/mol. The molecule has 1 radical (unpaired) electrons. The minimum atomic E-state index is -1.48. The third kappa shape index (κ3) is 7.35. The van der Waals surface area contributed by atoms with Crippen LogP contribution >= 0.6 is 7.80 Å². The summed E-state index contributed by atoms with van der Waals surface area (Å²) in [7, 11) is -1.48. The Bertz CT molecular complexity index is 246. The Kier molecular flexibility index (Phi) is 7.73. The first-order chi connectivity index (χ1) is 7.47. The molecule has 0 aliphatic carbocycles. The summed E-state index contributed by atoms with van der Waals surface area (Å²) < 4.78 is 11.7. The molecule has 0 spiro atoms. The Morgan fingerprint density at radius 2 is 1.56 bits per heavy atom. The first kappa shape index (κ1) is 15.0. The molecule has 0 aliphatic rings. The lowest BCUT2D eigenvalue weighted by Crippen LogP contribution is -2.10. The molecular weight excluding hydrogens is 231 g/mol. The first-order valence-corrected chi connectivity index (χ1v) is 6.86. The van der Waals surface area contributed by atoms with E-state index in [2.05, 4.69) is 0 Å². The highest BCUT2D eigenvalue weighted by Crippen LogP contribution is 2.35. The molecule has 0 rings (SSSR count). The summed E-state index contributed by atoms with van der Waals surface area (Å²) in [6.07, 6.45) is 1.82. The summed E-state index contributed by atoms with van der Waals surface area (Å²) in [6, 6.07) is 0. The van der Waals surface area contributed by atoms with Crippen molar-refractivity contribution < 1.29 is 24.4 Å². The van der Waals surface area contributed by atoms with E-state index in [0.29, 0.717) is 19.0 Å². The van der Waals surface area contributed by atoms with Crippen LogP contribution in [-0.4, -0.2) is 34.0 Å². The van der Waals surface area contributed by atoms with Crippen molar-refractivity contribution in [1.82, 2.24) is 0 Å². The van der Waals surface area contributed by atoms with Gasteiger partial charge in [0.1, 0.15) is 0 Å². The number of hydrogen-bond acceptors (Lipinski definition) is 3. The summed E-state index contributed by atoms with van der Waals surface area (Å²) in [5, 5.41) is 17.1. The number of carbonyl (C=O) groups is 2. The van der Waals surface area contributed by atoms with Gasteiger partial charge in [-0.3, -0.25) is 14.2 Å². The van der Waals surface area contributed by atoms with Gasteiger partial charge in [0.25, 0.3) is 0 Å². The van der Waals surface area contributed by atoms with Crippen molar-refractivity contribution in [3.63, 3.8) is 0 Å². The van der Waals surface area contributed by atoms with Gasteiger partial charge in [-0.2, -0.15) is 0 Å². The van der Waals surface area contributed by atoms with Crippen LogP contribution in [0.15, 0.2) is 0 Å². The molecular formula is C10H18O5P. The van der Waals surface area contributed by atoms with E-state index in [1.165, 1.54) is 0 Å². The molecule has 0 aromatic carbocycles.